The van der Waals surface area contributed by atoms with Crippen LogP contribution in [0.1, 0.15) is 48.8 Å². The van der Waals surface area contributed by atoms with Crippen molar-refractivity contribution in [3.63, 3.8) is 0 Å². The van der Waals surface area contributed by atoms with Crippen molar-refractivity contribution in [3.8, 4) is 12.3 Å². The topological polar surface area (TPSA) is 111 Å². The molecule has 1 atom stereocenters. The summed E-state index contributed by atoms with van der Waals surface area (Å²) in [6.07, 6.45) is 8.11. The third kappa shape index (κ3) is 6.68. The van der Waals surface area contributed by atoms with Crippen LogP contribution in [-0.2, 0) is 26.2 Å². The SMILES string of the molecule is C#Cc1cc(C[C@@H](OC(=O)N2CCC3(CC2)CC(=O)Nc2ccccc23)C(=O)N2CCN(C3CCN(C)CC3)CC2)cc(Cl)c1N. The number of hydrogen-bond donors (Lipinski definition) is 2. The second-order valence-corrected chi connectivity index (χ2v) is 13.6. The number of piperidine rings is 2. The number of ether oxygens (including phenoxy) is 1. The molecule has 3 amide bonds. The Morgan fingerprint density at radius 2 is 1.76 bits per heavy atom. The molecule has 1 spiro atoms. The van der Waals surface area contributed by atoms with E-state index in [1.807, 2.05) is 23.1 Å². The van der Waals surface area contributed by atoms with Gasteiger partial charge in [-0.3, -0.25) is 14.5 Å². The van der Waals surface area contributed by atoms with E-state index in [1.165, 1.54) is 0 Å². The number of hydrogen-bond acceptors (Lipinski definition) is 7. The maximum atomic E-state index is 14.0. The van der Waals surface area contributed by atoms with Crippen molar-refractivity contribution in [3.05, 3.63) is 58.1 Å². The Morgan fingerprint density at radius 1 is 1.07 bits per heavy atom. The number of nitrogens with one attached hydrogen (secondary N) is 1. The molecule has 0 unspecified atom stereocenters. The fourth-order valence-corrected chi connectivity index (χ4v) is 7.83. The molecule has 0 saturated carbocycles. The number of rotatable bonds is 5. The first-order valence-corrected chi connectivity index (χ1v) is 16.6. The first-order chi connectivity index (χ1) is 22.2. The van der Waals surface area contributed by atoms with Gasteiger partial charge in [-0.15, -0.1) is 6.42 Å². The number of likely N-dealkylation sites (tertiary alicyclic amines) is 2. The zero-order valence-electron chi connectivity index (χ0n) is 26.5. The van der Waals surface area contributed by atoms with Crippen molar-refractivity contribution < 1.29 is 19.1 Å². The van der Waals surface area contributed by atoms with E-state index in [1.54, 1.807) is 17.0 Å². The van der Waals surface area contributed by atoms with E-state index in [9.17, 15) is 14.4 Å². The number of nitrogen functional groups attached to an aromatic ring is 1. The summed E-state index contributed by atoms with van der Waals surface area (Å²) < 4.78 is 6.05. The van der Waals surface area contributed by atoms with Crippen LogP contribution in [0.25, 0.3) is 0 Å². The summed E-state index contributed by atoms with van der Waals surface area (Å²) in [6.45, 7) is 5.75. The molecule has 2 aromatic carbocycles. The zero-order chi connectivity index (χ0) is 32.4. The Bertz CT molecular complexity index is 1520. The Hall–Kier alpha value is -3.78. The molecule has 0 aliphatic carbocycles. The van der Waals surface area contributed by atoms with Crippen LogP contribution in [0.15, 0.2) is 36.4 Å². The summed E-state index contributed by atoms with van der Waals surface area (Å²) >= 11 is 6.38. The number of anilines is 2. The molecule has 10 nitrogen and oxygen atoms in total. The van der Waals surface area contributed by atoms with E-state index >= 15 is 0 Å². The van der Waals surface area contributed by atoms with Crippen LogP contribution >= 0.6 is 11.6 Å². The molecule has 3 saturated heterocycles. The largest absolute Gasteiger partial charge is 0.436 e. The van der Waals surface area contributed by atoms with Crippen LogP contribution in [0.4, 0.5) is 16.2 Å². The summed E-state index contributed by atoms with van der Waals surface area (Å²) in [5, 5.41) is 3.27. The second-order valence-electron chi connectivity index (χ2n) is 13.2. The highest BCUT2D eigenvalue weighted by molar-refractivity contribution is 6.33. The average molecular weight is 647 g/mol. The standard InChI is InChI=1S/C35H43ClN6O4/c1-3-25-20-24(21-28(36)32(25)37)22-30(33(44)41-18-16-40(17-19-41)26-8-12-39(2)13-9-26)46-34(45)42-14-10-35(11-15-42)23-31(43)38-29-7-5-4-6-27(29)35/h1,4-7,20-21,26,30H,8-19,22-23,37H2,2H3,(H,38,43)/t30-/m1/s1. The third-order valence-electron chi connectivity index (χ3n) is 10.4. The van der Waals surface area contributed by atoms with E-state index in [4.69, 9.17) is 28.5 Å². The predicted octanol–water partition coefficient (Wildman–Crippen LogP) is 3.57. The van der Waals surface area contributed by atoms with Crippen molar-refractivity contribution in [1.82, 2.24) is 19.6 Å². The maximum Gasteiger partial charge on any atom is 0.410 e. The molecular weight excluding hydrogens is 604 g/mol. The minimum Gasteiger partial charge on any atom is -0.436 e. The van der Waals surface area contributed by atoms with Gasteiger partial charge in [0.25, 0.3) is 5.91 Å². The quantitative estimate of drug-likeness (QED) is 0.378. The molecule has 11 heteroatoms. The minimum absolute atomic E-state index is 0.00944. The third-order valence-corrected chi connectivity index (χ3v) is 10.7. The number of fused-ring (bicyclic) bond motifs is 2. The highest BCUT2D eigenvalue weighted by atomic mass is 35.5. The van der Waals surface area contributed by atoms with Crippen LogP contribution in [0.3, 0.4) is 0 Å². The lowest BCUT2D eigenvalue weighted by atomic mass is 9.68. The predicted molar refractivity (Wildman–Crippen MR) is 179 cm³/mol. The van der Waals surface area contributed by atoms with Crippen molar-refractivity contribution in [1.29, 1.82) is 0 Å². The van der Waals surface area contributed by atoms with Gasteiger partial charge >= 0.3 is 6.09 Å². The maximum absolute atomic E-state index is 14.0. The molecule has 4 aliphatic rings. The van der Waals surface area contributed by atoms with Gasteiger partial charge < -0.3 is 30.5 Å². The summed E-state index contributed by atoms with van der Waals surface area (Å²) in [6, 6.07) is 11.8. The first kappa shape index (κ1) is 32.2. The molecule has 6 rings (SSSR count). The van der Waals surface area contributed by atoms with E-state index < -0.39 is 12.2 Å². The molecule has 46 heavy (non-hydrogen) atoms. The zero-order valence-corrected chi connectivity index (χ0v) is 27.2. The number of carbonyl (C=O) groups excluding carboxylic acids is 3. The lowest BCUT2D eigenvalue weighted by molar-refractivity contribution is -0.143. The molecule has 0 radical (unpaired) electrons. The van der Waals surface area contributed by atoms with Crippen molar-refractivity contribution in [2.45, 2.75) is 56.1 Å². The van der Waals surface area contributed by atoms with Gasteiger partial charge in [-0.1, -0.05) is 35.7 Å². The Kier molecular flexibility index (Phi) is 9.46. The highest BCUT2D eigenvalue weighted by Crippen LogP contribution is 2.45. The van der Waals surface area contributed by atoms with Gasteiger partial charge in [0.1, 0.15) is 0 Å². The van der Waals surface area contributed by atoms with Gasteiger partial charge in [-0.2, -0.15) is 0 Å². The summed E-state index contributed by atoms with van der Waals surface area (Å²) in [5.74, 6) is 2.32. The lowest BCUT2D eigenvalue weighted by Crippen LogP contribution is -2.56. The Morgan fingerprint density at radius 3 is 2.46 bits per heavy atom. The number of carbonyl (C=O) groups is 3. The van der Waals surface area contributed by atoms with Crippen LogP contribution in [-0.4, -0.2) is 109 Å². The van der Waals surface area contributed by atoms with E-state index in [0.29, 0.717) is 73.3 Å². The van der Waals surface area contributed by atoms with Gasteiger partial charge in [-0.05, 0) is 75.1 Å². The molecule has 4 heterocycles. The van der Waals surface area contributed by atoms with Gasteiger partial charge in [-0.25, -0.2) is 4.79 Å². The Labute approximate surface area is 276 Å². The van der Waals surface area contributed by atoms with Gasteiger partial charge in [0, 0.05) is 74.8 Å². The van der Waals surface area contributed by atoms with Gasteiger partial charge in [0.2, 0.25) is 5.91 Å². The molecule has 2 aromatic rings. The van der Waals surface area contributed by atoms with E-state index in [-0.39, 0.29) is 23.7 Å². The van der Waals surface area contributed by atoms with Gasteiger partial charge in [0.15, 0.2) is 6.10 Å². The number of terminal acetylenes is 1. The highest BCUT2D eigenvalue weighted by Gasteiger charge is 2.44. The van der Waals surface area contributed by atoms with Crippen molar-refractivity contribution in [2.24, 2.45) is 0 Å². The monoisotopic (exact) mass is 646 g/mol. The number of para-hydroxylation sites is 1. The minimum atomic E-state index is -1.05. The first-order valence-electron chi connectivity index (χ1n) is 16.3. The van der Waals surface area contributed by atoms with E-state index in [0.717, 1.165) is 50.3 Å². The average Bonchev–Trinajstić information content (AvgIpc) is 3.06. The summed E-state index contributed by atoms with van der Waals surface area (Å²) in [7, 11) is 2.16. The summed E-state index contributed by atoms with van der Waals surface area (Å²) in [4.78, 5) is 48.6. The van der Waals surface area contributed by atoms with Crippen molar-refractivity contribution in [2.75, 3.05) is 70.5 Å². The van der Waals surface area contributed by atoms with Crippen LogP contribution in [0, 0.1) is 12.3 Å². The number of halogens is 1. The number of nitrogens with two attached hydrogens (primary N) is 1. The van der Waals surface area contributed by atoms with Gasteiger partial charge in [0.05, 0.1) is 10.7 Å². The molecule has 244 valence electrons. The number of amides is 3. The van der Waals surface area contributed by atoms with Crippen LogP contribution in [0.2, 0.25) is 5.02 Å². The number of benzene rings is 2. The molecule has 3 fully saturated rings. The lowest BCUT2D eigenvalue weighted by Gasteiger charge is -2.44. The molecule has 3 N–H and O–H groups in total. The fraction of sp³-hybridized carbons (Fsp3) is 0.514. The van der Waals surface area contributed by atoms with Crippen LogP contribution in [0.5, 0.6) is 0 Å². The molecule has 4 aliphatic heterocycles. The Balaban J connectivity index is 1.15. The number of nitrogens with zero attached hydrogens (tertiary/aromatic N) is 4. The van der Waals surface area contributed by atoms with E-state index in [2.05, 4.69) is 34.2 Å². The number of piperazine rings is 1. The second kappa shape index (κ2) is 13.5. The molecule has 0 aromatic heterocycles. The van der Waals surface area contributed by atoms with Crippen molar-refractivity contribution >= 4 is 40.9 Å². The van der Waals surface area contributed by atoms with Crippen LogP contribution < -0.4 is 11.1 Å². The normalized spacial score (nSPS) is 21.3. The molecule has 0 bridgehead atoms. The smallest absolute Gasteiger partial charge is 0.410 e. The molecular formula is C35H43ClN6O4. The summed E-state index contributed by atoms with van der Waals surface area (Å²) in [5.41, 5.74) is 9.08. The fourth-order valence-electron chi connectivity index (χ4n) is 7.59.